The van der Waals surface area contributed by atoms with E-state index < -0.39 is 0 Å². The Morgan fingerprint density at radius 3 is 3.20 bits per heavy atom. The summed E-state index contributed by atoms with van der Waals surface area (Å²) in [6.07, 6.45) is 4.05. The van der Waals surface area contributed by atoms with Crippen molar-refractivity contribution in [2.24, 2.45) is 0 Å². The van der Waals surface area contributed by atoms with Crippen LogP contribution in [0.5, 0.6) is 0 Å². The standard InChI is InChI=1S/C11H18N2OS/c12-10-4-7-15-11(10)8-13-5-3-9-2-1-6-14-9/h4,7,9,13H,1-3,5-6,8,12H2. The largest absolute Gasteiger partial charge is 0.398 e. The Labute approximate surface area is 94.6 Å². The number of nitrogens with two attached hydrogens (primary N) is 1. The predicted octanol–water partition coefficient (Wildman–Crippen LogP) is 1.99. The van der Waals surface area contributed by atoms with Gasteiger partial charge in [-0.15, -0.1) is 11.3 Å². The summed E-state index contributed by atoms with van der Waals surface area (Å²) < 4.78 is 5.55. The van der Waals surface area contributed by atoms with E-state index in [1.165, 1.54) is 17.7 Å². The van der Waals surface area contributed by atoms with Crippen LogP contribution in [0.2, 0.25) is 0 Å². The lowest BCUT2D eigenvalue weighted by Gasteiger charge is -2.09. The zero-order chi connectivity index (χ0) is 10.5. The third-order valence-electron chi connectivity index (χ3n) is 2.73. The summed E-state index contributed by atoms with van der Waals surface area (Å²) in [5.74, 6) is 0. The van der Waals surface area contributed by atoms with Crippen LogP contribution in [-0.2, 0) is 11.3 Å². The molecule has 0 amide bonds. The lowest BCUT2D eigenvalue weighted by Crippen LogP contribution is -2.19. The smallest absolute Gasteiger partial charge is 0.0588 e. The van der Waals surface area contributed by atoms with Crippen molar-refractivity contribution in [2.45, 2.75) is 31.9 Å². The summed E-state index contributed by atoms with van der Waals surface area (Å²) in [7, 11) is 0. The molecule has 3 N–H and O–H groups in total. The molecule has 0 saturated carbocycles. The summed E-state index contributed by atoms with van der Waals surface area (Å²) in [5.41, 5.74) is 6.70. The molecular weight excluding hydrogens is 208 g/mol. The lowest BCUT2D eigenvalue weighted by molar-refractivity contribution is 0.104. The van der Waals surface area contributed by atoms with E-state index in [1.54, 1.807) is 11.3 Å². The maximum atomic E-state index is 5.79. The molecule has 0 spiro atoms. The van der Waals surface area contributed by atoms with E-state index in [0.29, 0.717) is 6.10 Å². The Hall–Kier alpha value is -0.580. The summed E-state index contributed by atoms with van der Waals surface area (Å²) in [6, 6.07) is 1.96. The molecule has 2 heterocycles. The van der Waals surface area contributed by atoms with E-state index in [4.69, 9.17) is 10.5 Å². The lowest BCUT2D eigenvalue weighted by atomic mass is 10.2. The summed E-state index contributed by atoms with van der Waals surface area (Å²) >= 11 is 1.71. The minimum atomic E-state index is 0.484. The number of rotatable bonds is 5. The molecule has 1 aliphatic rings. The molecular formula is C11H18N2OS. The van der Waals surface area contributed by atoms with E-state index in [0.717, 1.165) is 31.8 Å². The fourth-order valence-corrected chi connectivity index (χ4v) is 2.60. The SMILES string of the molecule is Nc1ccsc1CNCCC1CCCO1. The van der Waals surface area contributed by atoms with Gasteiger partial charge >= 0.3 is 0 Å². The third-order valence-corrected chi connectivity index (χ3v) is 3.67. The summed E-state index contributed by atoms with van der Waals surface area (Å²) in [5, 5.41) is 5.44. The molecule has 1 atom stereocenters. The van der Waals surface area contributed by atoms with Gasteiger partial charge in [0, 0.05) is 23.7 Å². The van der Waals surface area contributed by atoms with Crippen molar-refractivity contribution in [3.8, 4) is 0 Å². The fourth-order valence-electron chi connectivity index (χ4n) is 1.83. The quantitative estimate of drug-likeness (QED) is 0.755. The molecule has 1 aliphatic heterocycles. The van der Waals surface area contributed by atoms with Gasteiger partial charge in [0.25, 0.3) is 0 Å². The molecule has 4 heteroatoms. The van der Waals surface area contributed by atoms with Gasteiger partial charge in [-0.05, 0) is 37.3 Å². The van der Waals surface area contributed by atoms with Gasteiger partial charge in [-0.25, -0.2) is 0 Å². The van der Waals surface area contributed by atoms with Crippen LogP contribution in [0, 0.1) is 0 Å². The van der Waals surface area contributed by atoms with Crippen molar-refractivity contribution >= 4 is 17.0 Å². The maximum Gasteiger partial charge on any atom is 0.0588 e. The van der Waals surface area contributed by atoms with Crippen molar-refractivity contribution < 1.29 is 4.74 Å². The first-order chi connectivity index (χ1) is 7.36. The Kier molecular flexibility index (Phi) is 4.00. The van der Waals surface area contributed by atoms with Crippen LogP contribution in [-0.4, -0.2) is 19.3 Å². The van der Waals surface area contributed by atoms with Crippen LogP contribution in [0.25, 0.3) is 0 Å². The van der Waals surface area contributed by atoms with Crippen LogP contribution >= 0.6 is 11.3 Å². The van der Waals surface area contributed by atoms with Gasteiger partial charge in [-0.3, -0.25) is 0 Å². The first-order valence-electron chi connectivity index (χ1n) is 5.50. The second-order valence-corrected chi connectivity index (χ2v) is 4.90. The molecule has 0 radical (unpaired) electrons. The number of nitrogens with one attached hydrogen (secondary N) is 1. The third kappa shape index (κ3) is 3.19. The number of hydrogen-bond donors (Lipinski definition) is 2. The zero-order valence-electron chi connectivity index (χ0n) is 8.87. The molecule has 1 aromatic heterocycles. The fraction of sp³-hybridized carbons (Fsp3) is 0.636. The minimum Gasteiger partial charge on any atom is -0.398 e. The first-order valence-corrected chi connectivity index (χ1v) is 6.38. The highest BCUT2D eigenvalue weighted by Crippen LogP contribution is 2.18. The molecule has 15 heavy (non-hydrogen) atoms. The van der Waals surface area contributed by atoms with Gasteiger partial charge in [-0.1, -0.05) is 0 Å². The Morgan fingerprint density at radius 2 is 2.53 bits per heavy atom. The van der Waals surface area contributed by atoms with Crippen LogP contribution in [0.15, 0.2) is 11.4 Å². The Balaban J connectivity index is 1.60. The van der Waals surface area contributed by atoms with Gasteiger partial charge in [-0.2, -0.15) is 0 Å². The second-order valence-electron chi connectivity index (χ2n) is 3.90. The van der Waals surface area contributed by atoms with Crippen molar-refractivity contribution in [1.29, 1.82) is 0 Å². The van der Waals surface area contributed by atoms with Gasteiger partial charge in [0.2, 0.25) is 0 Å². The highest BCUT2D eigenvalue weighted by Gasteiger charge is 2.14. The van der Waals surface area contributed by atoms with Crippen molar-refractivity contribution in [3.05, 3.63) is 16.3 Å². The van der Waals surface area contributed by atoms with Crippen LogP contribution in [0.4, 0.5) is 5.69 Å². The molecule has 1 unspecified atom stereocenters. The molecule has 1 fully saturated rings. The summed E-state index contributed by atoms with van der Waals surface area (Å²) in [4.78, 5) is 1.24. The normalized spacial score (nSPS) is 20.9. The number of thiophene rings is 1. The van der Waals surface area contributed by atoms with Gasteiger partial charge in [0.05, 0.1) is 6.10 Å². The maximum absolute atomic E-state index is 5.79. The molecule has 3 nitrogen and oxygen atoms in total. The predicted molar refractivity (Wildman–Crippen MR) is 64.0 cm³/mol. The zero-order valence-corrected chi connectivity index (χ0v) is 9.69. The number of hydrogen-bond acceptors (Lipinski definition) is 4. The van der Waals surface area contributed by atoms with E-state index >= 15 is 0 Å². The van der Waals surface area contributed by atoms with E-state index in [2.05, 4.69) is 5.32 Å². The Bertz CT molecular complexity index is 295. The van der Waals surface area contributed by atoms with Gasteiger partial charge in [0.1, 0.15) is 0 Å². The van der Waals surface area contributed by atoms with Crippen LogP contribution < -0.4 is 11.1 Å². The topological polar surface area (TPSA) is 47.3 Å². The van der Waals surface area contributed by atoms with Crippen LogP contribution in [0.1, 0.15) is 24.1 Å². The van der Waals surface area contributed by atoms with Crippen molar-refractivity contribution in [3.63, 3.8) is 0 Å². The van der Waals surface area contributed by atoms with E-state index in [9.17, 15) is 0 Å². The molecule has 0 aliphatic carbocycles. The molecule has 1 saturated heterocycles. The molecule has 0 aromatic carbocycles. The highest BCUT2D eigenvalue weighted by atomic mass is 32.1. The van der Waals surface area contributed by atoms with Crippen molar-refractivity contribution in [2.75, 3.05) is 18.9 Å². The molecule has 2 rings (SSSR count). The number of ether oxygens (including phenoxy) is 1. The number of nitrogen functional groups attached to an aromatic ring is 1. The Morgan fingerprint density at radius 1 is 1.60 bits per heavy atom. The molecule has 84 valence electrons. The summed E-state index contributed by atoms with van der Waals surface area (Å²) in [6.45, 7) is 2.85. The molecule has 1 aromatic rings. The van der Waals surface area contributed by atoms with Crippen LogP contribution in [0.3, 0.4) is 0 Å². The average molecular weight is 226 g/mol. The number of anilines is 1. The van der Waals surface area contributed by atoms with E-state index in [-0.39, 0.29) is 0 Å². The average Bonchev–Trinajstić information content (AvgIpc) is 2.85. The van der Waals surface area contributed by atoms with E-state index in [1.807, 2.05) is 11.4 Å². The van der Waals surface area contributed by atoms with Gasteiger partial charge < -0.3 is 15.8 Å². The second kappa shape index (κ2) is 5.49. The highest BCUT2D eigenvalue weighted by molar-refractivity contribution is 7.10. The van der Waals surface area contributed by atoms with Crippen molar-refractivity contribution in [1.82, 2.24) is 5.32 Å². The van der Waals surface area contributed by atoms with Gasteiger partial charge in [0.15, 0.2) is 0 Å². The first kappa shape index (κ1) is 10.9. The monoisotopic (exact) mass is 226 g/mol. The minimum absolute atomic E-state index is 0.484. The molecule has 0 bridgehead atoms.